The Morgan fingerprint density at radius 1 is 1.60 bits per heavy atom. The Kier molecular flexibility index (Phi) is 3.78. The molecule has 0 aromatic carbocycles. The van der Waals surface area contributed by atoms with E-state index < -0.39 is 5.60 Å². The first-order valence-electron chi connectivity index (χ1n) is 4.35. The lowest BCUT2D eigenvalue weighted by atomic mass is 10.1. The highest BCUT2D eigenvalue weighted by atomic mass is 35.5. The quantitative estimate of drug-likeness (QED) is 0.606. The zero-order valence-electron chi connectivity index (χ0n) is 8.42. The van der Waals surface area contributed by atoms with Crippen molar-refractivity contribution in [3.8, 4) is 18.2 Å². The van der Waals surface area contributed by atoms with Gasteiger partial charge in [0.2, 0.25) is 11.2 Å². The number of nitrogens with zero attached hydrogens (tertiary/aromatic N) is 2. The van der Waals surface area contributed by atoms with Gasteiger partial charge in [0.1, 0.15) is 5.02 Å². The Balaban J connectivity index is 2.99. The molecule has 0 radical (unpaired) electrons. The van der Waals surface area contributed by atoms with Crippen LogP contribution in [0.3, 0.4) is 0 Å². The van der Waals surface area contributed by atoms with E-state index in [9.17, 15) is 0 Å². The predicted molar refractivity (Wildman–Crippen MR) is 60.2 cm³/mol. The van der Waals surface area contributed by atoms with E-state index in [1.54, 1.807) is 6.92 Å². The number of hydrogen-bond acceptors (Lipinski definition) is 3. The molecule has 0 amide bonds. The summed E-state index contributed by atoms with van der Waals surface area (Å²) < 4.78 is 5.51. The van der Waals surface area contributed by atoms with E-state index in [1.807, 2.05) is 6.92 Å². The fourth-order valence-corrected chi connectivity index (χ4v) is 1.08. The van der Waals surface area contributed by atoms with Crippen molar-refractivity contribution < 1.29 is 4.74 Å². The average Bonchev–Trinajstić information content (AvgIpc) is 2.23. The van der Waals surface area contributed by atoms with Crippen LogP contribution >= 0.6 is 23.2 Å². The molecule has 1 aromatic rings. The fourth-order valence-electron chi connectivity index (χ4n) is 0.820. The maximum Gasteiger partial charge on any atom is 0.238 e. The molecule has 3 nitrogen and oxygen atoms in total. The second-order valence-corrected chi connectivity index (χ2v) is 3.87. The van der Waals surface area contributed by atoms with Crippen LogP contribution in [-0.2, 0) is 0 Å². The largest absolute Gasteiger partial charge is 0.457 e. The van der Waals surface area contributed by atoms with Crippen molar-refractivity contribution in [2.45, 2.75) is 25.9 Å². The van der Waals surface area contributed by atoms with E-state index >= 15 is 0 Å². The molecule has 1 atom stereocenters. The zero-order valence-corrected chi connectivity index (χ0v) is 9.93. The molecule has 0 aliphatic rings. The zero-order chi connectivity index (χ0) is 11.5. The monoisotopic (exact) mass is 244 g/mol. The molecule has 0 aliphatic carbocycles. The Labute approximate surface area is 98.8 Å². The number of ether oxygens (including phenoxy) is 1. The normalized spacial score (nSPS) is 14.1. The van der Waals surface area contributed by atoms with E-state index in [0.717, 1.165) is 0 Å². The smallest absolute Gasteiger partial charge is 0.238 e. The summed E-state index contributed by atoms with van der Waals surface area (Å²) in [5.41, 5.74) is -0.735. The Morgan fingerprint density at radius 2 is 2.27 bits per heavy atom. The first kappa shape index (κ1) is 12.1. The second-order valence-electron chi connectivity index (χ2n) is 3.12. The molecule has 0 N–H and O–H groups in total. The van der Waals surface area contributed by atoms with Crippen LogP contribution in [0.15, 0.2) is 6.20 Å². The van der Waals surface area contributed by atoms with Crippen LogP contribution in [0.4, 0.5) is 0 Å². The Morgan fingerprint density at radius 3 is 2.80 bits per heavy atom. The highest BCUT2D eigenvalue weighted by Gasteiger charge is 2.23. The van der Waals surface area contributed by atoms with Crippen LogP contribution in [0.2, 0.25) is 10.3 Å². The van der Waals surface area contributed by atoms with Crippen molar-refractivity contribution in [2.24, 2.45) is 0 Å². The van der Waals surface area contributed by atoms with Gasteiger partial charge in [0, 0.05) is 0 Å². The van der Waals surface area contributed by atoms with Gasteiger partial charge in [-0.3, -0.25) is 0 Å². The first-order chi connectivity index (χ1) is 7.00. The summed E-state index contributed by atoms with van der Waals surface area (Å²) in [5, 5.41) is 0.360. The molecule has 0 saturated carbocycles. The average molecular weight is 245 g/mol. The van der Waals surface area contributed by atoms with Gasteiger partial charge in [-0.25, -0.2) is 4.98 Å². The van der Waals surface area contributed by atoms with Crippen molar-refractivity contribution in [1.29, 1.82) is 0 Å². The lowest BCUT2D eigenvalue weighted by Gasteiger charge is -2.23. The summed E-state index contributed by atoms with van der Waals surface area (Å²) in [6.07, 6.45) is 7.37. The molecule has 0 spiro atoms. The van der Waals surface area contributed by atoms with Crippen molar-refractivity contribution in [3.63, 3.8) is 0 Å². The van der Waals surface area contributed by atoms with Gasteiger partial charge in [0.15, 0.2) is 5.60 Å². The van der Waals surface area contributed by atoms with Crippen LogP contribution in [0, 0.1) is 12.3 Å². The Hall–Kier alpha value is -0.980. The van der Waals surface area contributed by atoms with Crippen LogP contribution in [0.1, 0.15) is 20.3 Å². The maximum atomic E-state index is 5.84. The standard InChI is InChI=1S/C10H10Cl2N2O/c1-4-10(3,5-2)15-8-7(11)6-13-9(12)14-8/h1,6H,5H2,2-3H3. The summed E-state index contributed by atoms with van der Waals surface area (Å²) in [6, 6.07) is 0. The molecule has 1 unspecified atom stereocenters. The third-order valence-corrected chi connectivity index (χ3v) is 2.43. The number of aromatic nitrogens is 2. The molecule has 0 fully saturated rings. The van der Waals surface area contributed by atoms with E-state index in [0.29, 0.717) is 6.42 Å². The molecule has 80 valence electrons. The molecule has 5 heteroatoms. The lowest BCUT2D eigenvalue weighted by molar-refractivity contribution is 0.139. The van der Waals surface area contributed by atoms with Gasteiger partial charge in [0.05, 0.1) is 6.20 Å². The fraction of sp³-hybridized carbons (Fsp3) is 0.400. The third kappa shape index (κ3) is 2.98. The van der Waals surface area contributed by atoms with E-state index in [1.165, 1.54) is 6.20 Å². The number of rotatable bonds is 3. The molecule has 1 heterocycles. The maximum absolute atomic E-state index is 5.84. The van der Waals surface area contributed by atoms with Crippen molar-refractivity contribution in [2.75, 3.05) is 0 Å². The van der Waals surface area contributed by atoms with E-state index in [-0.39, 0.29) is 16.2 Å². The third-order valence-electron chi connectivity index (χ3n) is 1.98. The van der Waals surface area contributed by atoms with E-state index in [2.05, 4.69) is 15.9 Å². The van der Waals surface area contributed by atoms with Crippen molar-refractivity contribution >= 4 is 23.2 Å². The summed E-state index contributed by atoms with van der Waals surface area (Å²) in [7, 11) is 0. The molecule has 1 aromatic heterocycles. The summed E-state index contributed by atoms with van der Waals surface area (Å²) >= 11 is 11.5. The molecule has 1 rings (SSSR count). The van der Waals surface area contributed by atoms with Gasteiger partial charge in [-0.1, -0.05) is 24.4 Å². The SMILES string of the molecule is C#CC(C)(CC)Oc1nc(Cl)ncc1Cl. The van der Waals surface area contributed by atoms with Gasteiger partial charge < -0.3 is 4.74 Å². The van der Waals surface area contributed by atoms with Crippen LogP contribution in [0.5, 0.6) is 5.88 Å². The van der Waals surface area contributed by atoms with Gasteiger partial charge in [-0.2, -0.15) is 4.98 Å². The van der Waals surface area contributed by atoms with Gasteiger partial charge in [-0.05, 0) is 24.9 Å². The lowest BCUT2D eigenvalue weighted by Crippen LogP contribution is -2.29. The minimum atomic E-state index is -0.735. The van der Waals surface area contributed by atoms with Gasteiger partial charge in [-0.15, -0.1) is 6.42 Å². The Bertz CT molecular complexity index is 403. The molecular formula is C10H10Cl2N2O. The topological polar surface area (TPSA) is 35.0 Å². The second kappa shape index (κ2) is 4.69. The van der Waals surface area contributed by atoms with Crippen molar-refractivity contribution in [1.82, 2.24) is 9.97 Å². The summed E-state index contributed by atoms with van der Waals surface area (Å²) in [6.45, 7) is 3.69. The van der Waals surface area contributed by atoms with Crippen LogP contribution in [0.25, 0.3) is 0 Å². The number of terminal acetylenes is 1. The summed E-state index contributed by atoms with van der Waals surface area (Å²) in [5.74, 6) is 2.75. The molecule has 0 bridgehead atoms. The molecular weight excluding hydrogens is 235 g/mol. The molecule has 15 heavy (non-hydrogen) atoms. The van der Waals surface area contributed by atoms with Gasteiger partial charge >= 0.3 is 0 Å². The minimum absolute atomic E-state index is 0.0740. The predicted octanol–water partition coefficient (Wildman–Crippen LogP) is 2.96. The number of hydrogen-bond donors (Lipinski definition) is 0. The molecule has 0 saturated heterocycles. The highest BCUT2D eigenvalue weighted by molar-refractivity contribution is 6.32. The highest BCUT2D eigenvalue weighted by Crippen LogP contribution is 2.26. The summed E-state index contributed by atoms with van der Waals surface area (Å²) in [4.78, 5) is 7.57. The van der Waals surface area contributed by atoms with Gasteiger partial charge in [0.25, 0.3) is 0 Å². The van der Waals surface area contributed by atoms with Crippen LogP contribution < -0.4 is 4.74 Å². The van der Waals surface area contributed by atoms with Crippen LogP contribution in [-0.4, -0.2) is 15.6 Å². The van der Waals surface area contributed by atoms with Crippen molar-refractivity contribution in [3.05, 3.63) is 16.5 Å². The number of halogens is 2. The minimum Gasteiger partial charge on any atom is -0.457 e. The van der Waals surface area contributed by atoms with E-state index in [4.69, 9.17) is 34.4 Å². The molecule has 0 aliphatic heterocycles. The first-order valence-corrected chi connectivity index (χ1v) is 5.11.